The molecule has 2 heterocycles. The Hall–Kier alpha value is -3.45. The van der Waals surface area contributed by atoms with Gasteiger partial charge in [0.25, 0.3) is 5.91 Å². The van der Waals surface area contributed by atoms with Crippen LogP contribution in [0, 0.1) is 6.92 Å². The van der Waals surface area contributed by atoms with Crippen molar-refractivity contribution in [3.8, 4) is 5.69 Å². The summed E-state index contributed by atoms with van der Waals surface area (Å²) in [6.07, 6.45) is 2.27. The minimum absolute atomic E-state index is 0.181. The van der Waals surface area contributed by atoms with Crippen LogP contribution in [-0.2, 0) is 11.3 Å². The standard InChI is InChI=1S/C26H30N4O3/c1-3-29(25(31)24-18-27-30(20(24)2)22-12-8-5-9-13-22)26(32)33-23-14-16-28(17-15-23)19-21-10-6-4-7-11-21/h4-13,18,23H,3,14-17,19H2,1-2H3. The predicted molar refractivity (Wildman–Crippen MR) is 126 cm³/mol. The molecule has 0 bridgehead atoms. The molecule has 0 spiro atoms. The zero-order valence-electron chi connectivity index (χ0n) is 19.2. The van der Waals surface area contributed by atoms with Gasteiger partial charge in [-0.15, -0.1) is 0 Å². The lowest BCUT2D eigenvalue weighted by Gasteiger charge is -2.32. The summed E-state index contributed by atoms with van der Waals surface area (Å²) in [4.78, 5) is 29.5. The number of hydrogen-bond acceptors (Lipinski definition) is 5. The van der Waals surface area contributed by atoms with Crippen LogP contribution in [0.2, 0.25) is 0 Å². The molecule has 1 fully saturated rings. The number of carbonyl (C=O) groups is 2. The van der Waals surface area contributed by atoms with Gasteiger partial charge < -0.3 is 4.74 Å². The fraction of sp³-hybridized carbons (Fsp3) is 0.346. The molecule has 0 radical (unpaired) electrons. The second-order valence-electron chi connectivity index (χ2n) is 8.29. The van der Waals surface area contributed by atoms with E-state index in [0.29, 0.717) is 11.3 Å². The van der Waals surface area contributed by atoms with Crippen LogP contribution in [0.1, 0.15) is 41.4 Å². The molecule has 0 unspecified atom stereocenters. The van der Waals surface area contributed by atoms with Gasteiger partial charge in [0.1, 0.15) is 6.10 Å². The zero-order valence-corrected chi connectivity index (χ0v) is 19.2. The summed E-state index contributed by atoms with van der Waals surface area (Å²) < 4.78 is 7.43. The lowest BCUT2D eigenvalue weighted by molar-refractivity contribution is 0.0266. The third kappa shape index (κ3) is 5.31. The van der Waals surface area contributed by atoms with Crippen LogP contribution in [0.25, 0.3) is 5.69 Å². The Morgan fingerprint density at radius 2 is 1.67 bits per heavy atom. The van der Waals surface area contributed by atoms with Gasteiger partial charge in [0.15, 0.2) is 0 Å². The highest BCUT2D eigenvalue weighted by atomic mass is 16.6. The minimum Gasteiger partial charge on any atom is -0.446 e. The van der Waals surface area contributed by atoms with Crippen LogP contribution in [0.5, 0.6) is 0 Å². The Labute approximate surface area is 194 Å². The fourth-order valence-corrected chi connectivity index (χ4v) is 4.18. The molecule has 172 valence electrons. The van der Waals surface area contributed by atoms with E-state index < -0.39 is 6.09 Å². The third-order valence-corrected chi connectivity index (χ3v) is 6.07. The van der Waals surface area contributed by atoms with Crippen molar-refractivity contribution in [2.45, 2.75) is 39.3 Å². The number of imide groups is 1. The molecule has 1 aromatic heterocycles. The quantitative estimate of drug-likeness (QED) is 0.560. The molecule has 0 aliphatic carbocycles. The highest BCUT2D eigenvalue weighted by Crippen LogP contribution is 2.20. The Bertz CT molecular complexity index is 1070. The van der Waals surface area contributed by atoms with E-state index in [0.717, 1.165) is 43.1 Å². The summed E-state index contributed by atoms with van der Waals surface area (Å²) in [5.41, 5.74) is 3.23. The van der Waals surface area contributed by atoms with E-state index in [9.17, 15) is 9.59 Å². The van der Waals surface area contributed by atoms with Crippen LogP contribution in [0.3, 0.4) is 0 Å². The lowest BCUT2D eigenvalue weighted by Crippen LogP contribution is -2.42. The average molecular weight is 447 g/mol. The van der Waals surface area contributed by atoms with Gasteiger partial charge in [-0.25, -0.2) is 14.4 Å². The van der Waals surface area contributed by atoms with Crippen LogP contribution in [-0.4, -0.2) is 57.3 Å². The Balaban J connectivity index is 1.35. The van der Waals surface area contributed by atoms with Gasteiger partial charge in [0.2, 0.25) is 0 Å². The Morgan fingerprint density at radius 1 is 1.03 bits per heavy atom. The van der Waals surface area contributed by atoms with Crippen molar-refractivity contribution in [2.75, 3.05) is 19.6 Å². The van der Waals surface area contributed by atoms with Gasteiger partial charge in [0.05, 0.1) is 23.1 Å². The summed E-state index contributed by atoms with van der Waals surface area (Å²) in [5.74, 6) is -0.385. The highest BCUT2D eigenvalue weighted by molar-refractivity contribution is 6.03. The number of amides is 2. The fourth-order valence-electron chi connectivity index (χ4n) is 4.18. The number of rotatable bonds is 6. The van der Waals surface area contributed by atoms with E-state index in [1.165, 1.54) is 11.8 Å². The molecular weight excluding hydrogens is 416 g/mol. The van der Waals surface area contributed by atoms with Crippen molar-refractivity contribution in [3.63, 3.8) is 0 Å². The molecule has 4 rings (SSSR count). The maximum absolute atomic E-state index is 13.1. The van der Waals surface area contributed by atoms with Crippen molar-refractivity contribution in [1.29, 1.82) is 0 Å². The largest absolute Gasteiger partial charge is 0.446 e. The van der Waals surface area contributed by atoms with Crippen molar-refractivity contribution in [1.82, 2.24) is 19.6 Å². The summed E-state index contributed by atoms with van der Waals surface area (Å²) in [5, 5.41) is 4.35. The Morgan fingerprint density at radius 3 is 2.30 bits per heavy atom. The van der Waals surface area contributed by atoms with Gasteiger partial charge in [-0.3, -0.25) is 9.69 Å². The van der Waals surface area contributed by atoms with Gasteiger partial charge in [-0.1, -0.05) is 48.5 Å². The molecule has 0 N–H and O–H groups in total. The van der Waals surface area contributed by atoms with Gasteiger partial charge in [0, 0.05) is 26.2 Å². The first kappa shape index (κ1) is 22.7. The van der Waals surface area contributed by atoms with E-state index in [1.807, 2.05) is 55.5 Å². The van der Waals surface area contributed by atoms with Crippen LogP contribution >= 0.6 is 0 Å². The number of ether oxygens (including phenoxy) is 1. The monoisotopic (exact) mass is 446 g/mol. The number of likely N-dealkylation sites (tertiary alicyclic amines) is 1. The van der Waals surface area contributed by atoms with E-state index in [-0.39, 0.29) is 18.6 Å². The number of carbonyl (C=O) groups excluding carboxylic acids is 2. The summed E-state index contributed by atoms with van der Waals surface area (Å²) >= 11 is 0. The van der Waals surface area contributed by atoms with Gasteiger partial charge in [-0.2, -0.15) is 5.10 Å². The first-order chi connectivity index (χ1) is 16.1. The third-order valence-electron chi connectivity index (χ3n) is 6.07. The Kier molecular flexibility index (Phi) is 7.19. The molecule has 1 aliphatic rings. The first-order valence-electron chi connectivity index (χ1n) is 11.5. The van der Waals surface area contributed by atoms with Crippen LogP contribution in [0.4, 0.5) is 4.79 Å². The minimum atomic E-state index is -0.587. The number of aromatic nitrogens is 2. The zero-order chi connectivity index (χ0) is 23.2. The highest BCUT2D eigenvalue weighted by Gasteiger charge is 2.29. The first-order valence-corrected chi connectivity index (χ1v) is 11.5. The molecule has 33 heavy (non-hydrogen) atoms. The molecule has 3 aromatic rings. The van der Waals surface area contributed by atoms with E-state index in [4.69, 9.17) is 4.74 Å². The normalized spacial score (nSPS) is 14.7. The van der Waals surface area contributed by atoms with E-state index in [1.54, 1.807) is 11.6 Å². The van der Waals surface area contributed by atoms with E-state index in [2.05, 4.69) is 22.1 Å². The summed E-state index contributed by atoms with van der Waals surface area (Å²) in [6.45, 7) is 6.45. The smallest absolute Gasteiger partial charge is 0.417 e. The number of piperidine rings is 1. The van der Waals surface area contributed by atoms with Gasteiger partial charge in [-0.05, 0) is 44.4 Å². The molecular formula is C26H30N4O3. The van der Waals surface area contributed by atoms with Crippen molar-refractivity contribution in [2.24, 2.45) is 0 Å². The van der Waals surface area contributed by atoms with Crippen molar-refractivity contribution < 1.29 is 14.3 Å². The second kappa shape index (κ2) is 10.4. The molecule has 0 saturated carbocycles. The van der Waals surface area contributed by atoms with Gasteiger partial charge >= 0.3 is 6.09 Å². The number of benzene rings is 2. The molecule has 2 aromatic carbocycles. The van der Waals surface area contributed by atoms with Crippen molar-refractivity contribution in [3.05, 3.63) is 83.7 Å². The number of nitrogens with zero attached hydrogens (tertiary/aromatic N) is 4. The summed E-state index contributed by atoms with van der Waals surface area (Å²) in [7, 11) is 0. The number of hydrogen-bond donors (Lipinski definition) is 0. The second-order valence-corrected chi connectivity index (χ2v) is 8.29. The molecule has 1 saturated heterocycles. The number of para-hydroxylation sites is 1. The lowest BCUT2D eigenvalue weighted by atomic mass is 10.1. The van der Waals surface area contributed by atoms with Crippen LogP contribution in [0.15, 0.2) is 66.9 Å². The van der Waals surface area contributed by atoms with Crippen molar-refractivity contribution >= 4 is 12.0 Å². The molecule has 0 atom stereocenters. The molecule has 7 nitrogen and oxygen atoms in total. The SMILES string of the molecule is CCN(C(=O)OC1CCN(Cc2ccccc2)CC1)C(=O)c1cnn(-c2ccccc2)c1C. The molecule has 2 amide bonds. The predicted octanol–water partition coefficient (Wildman–Crippen LogP) is 4.44. The topological polar surface area (TPSA) is 67.7 Å². The maximum Gasteiger partial charge on any atom is 0.417 e. The van der Waals surface area contributed by atoms with Crippen LogP contribution < -0.4 is 0 Å². The average Bonchev–Trinajstić information content (AvgIpc) is 3.23. The summed E-state index contributed by atoms with van der Waals surface area (Å²) in [6, 6.07) is 20.0. The molecule has 1 aliphatic heterocycles. The maximum atomic E-state index is 13.1. The van der Waals surface area contributed by atoms with E-state index >= 15 is 0 Å². The molecule has 7 heteroatoms.